The molecule has 1 saturated heterocycles. The van der Waals surface area contributed by atoms with Crippen LogP contribution in [0, 0.1) is 0 Å². The molecule has 0 bridgehead atoms. The van der Waals surface area contributed by atoms with Gasteiger partial charge in [-0.25, -0.2) is 4.79 Å². The number of nitrogens with zero attached hydrogens (tertiary/aromatic N) is 1. The maximum atomic E-state index is 13.1. The van der Waals surface area contributed by atoms with Crippen LogP contribution in [0.3, 0.4) is 0 Å². The predicted octanol–water partition coefficient (Wildman–Crippen LogP) is 3.46. The van der Waals surface area contributed by atoms with Crippen LogP contribution < -0.4 is 10.2 Å². The van der Waals surface area contributed by atoms with Gasteiger partial charge in [0.1, 0.15) is 11.9 Å². The van der Waals surface area contributed by atoms with E-state index in [4.69, 9.17) is 4.74 Å². The second-order valence-electron chi connectivity index (χ2n) is 7.84. The van der Waals surface area contributed by atoms with Crippen molar-refractivity contribution in [1.82, 2.24) is 5.32 Å². The molecule has 7 nitrogen and oxygen atoms in total. The third-order valence-electron chi connectivity index (χ3n) is 5.52. The van der Waals surface area contributed by atoms with Crippen molar-refractivity contribution in [3.8, 4) is 5.75 Å². The normalized spacial score (nSPS) is 19.7. The average molecular weight is 420 g/mol. The number of ketones is 1. The third-order valence-corrected chi connectivity index (χ3v) is 5.52. The molecule has 2 amide bonds. The van der Waals surface area contributed by atoms with E-state index in [0.29, 0.717) is 24.2 Å². The number of phenolic OH excluding ortho intramolecular Hbond substituents is 1. The number of carbonyl (C=O) groups is 3. The van der Waals surface area contributed by atoms with Crippen molar-refractivity contribution in [3.63, 3.8) is 0 Å². The number of hydrogen-bond donors (Lipinski definition) is 2. The van der Waals surface area contributed by atoms with Crippen molar-refractivity contribution in [1.29, 1.82) is 0 Å². The molecule has 2 aromatic carbocycles. The SMILES string of the molecule is CC(=O)NCC1CN(c2ccc3c(c2)CCCC(=Cc2ccc(O)cc2)C3=O)C(=O)O1. The van der Waals surface area contributed by atoms with E-state index in [1.54, 1.807) is 36.4 Å². The standard InChI is InChI=1S/C24H24N2O5/c1-15(27)25-13-21-14-26(24(30)31-21)19-7-10-22-17(12-19)3-2-4-18(23(22)29)11-16-5-8-20(28)9-6-16/h5-12,21,28H,2-4,13-14H2,1H3,(H,25,27). The van der Waals surface area contributed by atoms with Gasteiger partial charge in [0, 0.05) is 23.7 Å². The monoisotopic (exact) mass is 420 g/mol. The molecule has 1 aliphatic carbocycles. The van der Waals surface area contributed by atoms with Gasteiger partial charge in [-0.2, -0.15) is 0 Å². The zero-order valence-corrected chi connectivity index (χ0v) is 17.3. The molecule has 4 rings (SSSR count). The molecule has 1 fully saturated rings. The predicted molar refractivity (Wildman–Crippen MR) is 116 cm³/mol. The summed E-state index contributed by atoms with van der Waals surface area (Å²) < 4.78 is 5.34. The number of ether oxygens (including phenoxy) is 1. The van der Waals surface area contributed by atoms with E-state index in [1.165, 1.54) is 11.8 Å². The van der Waals surface area contributed by atoms with Gasteiger partial charge in [0.2, 0.25) is 5.91 Å². The quantitative estimate of drug-likeness (QED) is 0.583. The number of cyclic esters (lactones) is 1. The summed E-state index contributed by atoms with van der Waals surface area (Å²) in [5.74, 6) is 0.000773. The Balaban J connectivity index is 1.55. The number of benzene rings is 2. The van der Waals surface area contributed by atoms with Gasteiger partial charge in [-0.1, -0.05) is 12.1 Å². The smallest absolute Gasteiger partial charge is 0.414 e. The highest BCUT2D eigenvalue weighted by Gasteiger charge is 2.33. The van der Waals surface area contributed by atoms with Gasteiger partial charge in [-0.3, -0.25) is 14.5 Å². The van der Waals surface area contributed by atoms with Crippen LogP contribution in [0.1, 0.15) is 41.3 Å². The molecule has 31 heavy (non-hydrogen) atoms. The summed E-state index contributed by atoms with van der Waals surface area (Å²) in [5, 5.41) is 12.1. The van der Waals surface area contributed by atoms with E-state index in [2.05, 4.69) is 5.32 Å². The Hall–Kier alpha value is -3.61. The Labute approximate surface area is 180 Å². The van der Waals surface area contributed by atoms with Crippen LogP contribution in [-0.2, 0) is 16.0 Å². The Morgan fingerprint density at radius 2 is 1.97 bits per heavy atom. The molecule has 2 aromatic rings. The van der Waals surface area contributed by atoms with E-state index in [9.17, 15) is 19.5 Å². The van der Waals surface area contributed by atoms with Crippen LogP contribution in [0.4, 0.5) is 10.5 Å². The Morgan fingerprint density at radius 3 is 2.71 bits per heavy atom. The van der Waals surface area contributed by atoms with Crippen molar-refractivity contribution in [2.75, 3.05) is 18.0 Å². The minimum atomic E-state index is -0.455. The van der Waals surface area contributed by atoms with Gasteiger partial charge < -0.3 is 15.2 Å². The van der Waals surface area contributed by atoms with E-state index in [-0.39, 0.29) is 24.0 Å². The number of fused-ring (bicyclic) bond motifs is 1. The number of anilines is 1. The Morgan fingerprint density at radius 1 is 1.19 bits per heavy atom. The number of allylic oxidation sites excluding steroid dienone is 1. The number of phenols is 1. The molecule has 0 saturated carbocycles. The molecule has 0 spiro atoms. The fourth-order valence-electron chi connectivity index (χ4n) is 3.94. The van der Waals surface area contributed by atoms with Crippen molar-refractivity contribution < 1.29 is 24.2 Å². The molecule has 0 radical (unpaired) electrons. The molecule has 1 aliphatic heterocycles. The Kier molecular flexibility index (Phi) is 5.75. The zero-order chi connectivity index (χ0) is 22.0. The maximum Gasteiger partial charge on any atom is 0.414 e. The molecule has 160 valence electrons. The number of Topliss-reactive ketones (excluding diaryl/α,β-unsaturated/α-hetero) is 1. The third kappa shape index (κ3) is 4.60. The first kappa shape index (κ1) is 20.7. The van der Waals surface area contributed by atoms with E-state index in [0.717, 1.165) is 29.5 Å². The molecule has 1 atom stereocenters. The average Bonchev–Trinajstić information content (AvgIpc) is 3.05. The van der Waals surface area contributed by atoms with Crippen LogP contribution in [-0.4, -0.2) is 42.1 Å². The summed E-state index contributed by atoms with van der Waals surface area (Å²) in [6, 6.07) is 12.2. The summed E-state index contributed by atoms with van der Waals surface area (Å²) in [6.45, 7) is 2.03. The van der Waals surface area contributed by atoms with Crippen LogP contribution in [0.25, 0.3) is 6.08 Å². The second kappa shape index (κ2) is 8.63. The molecule has 2 aliphatic rings. The minimum absolute atomic E-state index is 0.0142. The molecule has 2 N–H and O–H groups in total. The fourth-order valence-corrected chi connectivity index (χ4v) is 3.94. The summed E-state index contributed by atoms with van der Waals surface area (Å²) in [7, 11) is 0. The highest BCUT2D eigenvalue weighted by Crippen LogP contribution is 2.30. The Bertz CT molecular complexity index is 1060. The zero-order valence-electron chi connectivity index (χ0n) is 17.3. The number of aryl methyl sites for hydroxylation is 1. The van der Waals surface area contributed by atoms with Crippen molar-refractivity contribution >= 4 is 29.5 Å². The van der Waals surface area contributed by atoms with Gasteiger partial charge in [-0.05, 0) is 66.8 Å². The summed E-state index contributed by atoms with van der Waals surface area (Å²) in [5.41, 5.74) is 3.84. The van der Waals surface area contributed by atoms with Crippen molar-refractivity contribution in [2.24, 2.45) is 0 Å². The number of rotatable bonds is 4. The van der Waals surface area contributed by atoms with Gasteiger partial charge in [0.25, 0.3) is 0 Å². The van der Waals surface area contributed by atoms with E-state index in [1.807, 2.05) is 12.1 Å². The van der Waals surface area contributed by atoms with Crippen LogP contribution in [0.2, 0.25) is 0 Å². The lowest BCUT2D eigenvalue weighted by molar-refractivity contribution is -0.119. The largest absolute Gasteiger partial charge is 0.508 e. The molecule has 7 heteroatoms. The highest BCUT2D eigenvalue weighted by molar-refractivity contribution is 6.12. The van der Waals surface area contributed by atoms with Crippen LogP contribution in [0.5, 0.6) is 5.75 Å². The highest BCUT2D eigenvalue weighted by atomic mass is 16.6. The number of nitrogens with one attached hydrogen (secondary N) is 1. The number of hydrogen-bond acceptors (Lipinski definition) is 5. The van der Waals surface area contributed by atoms with Gasteiger partial charge >= 0.3 is 6.09 Å². The number of aromatic hydroxyl groups is 1. The first-order valence-electron chi connectivity index (χ1n) is 10.3. The van der Waals surface area contributed by atoms with E-state index < -0.39 is 12.2 Å². The maximum absolute atomic E-state index is 13.1. The summed E-state index contributed by atoms with van der Waals surface area (Å²) in [6.07, 6.45) is 3.23. The lowest BCUT2D eigenvalue weighted by atomic mass is 9.97. The molecular weight excluding hydrogens is 396 g/mol. The van der Waals surface area contributed by atoms with E-state index >= 15 is 0 Å². The van der Waals surface area contributed by atoms with Gasteiger partial charge in [0.15, 0.2) is 5.78 Å². The molecular formula is C24H24N2O5. The second-order valence-corrected chi connectivity index (χ2v) is 7.84. The van der Waals surface area contributed by atoms with Gasteiger partial charge in [-0.15, -0.1) is 0 Å². The first-order valence-corrected chi connectivity index (χ1v) is 10.3. The topological polar surface area (TPSA) is 95.9 Å². The number of amides is 2. The van der Waals surface area contributed by atoms with Gasteiger partial charge in [0.05, 0.1) is 13.1 Å². The summed E-state index contributed by atoms with van der Waals surface area (Å²) >= 11 is 0. The molecule has 1 unspecified atom stereocenters. The number of carbonyl (C=O) groups excluding carboxylic acids is 3. The lowest BCUT2D eigenvalue weighted by Gasteiger charge is -2.16. The van der Waals surface area contributed by atoms with Crippen LogP contribution in [0.15, 0.2) is 48.0 Å². The fraction of sp³-hybridized carbons (Fsp3) is 0.292. The van der Waals surface area contributed by atoms with Crippen molar-refractivity contribution in [2.45, 2.75) is 32.3 Å². The minimum Gasteiger partial charge on any atom is -0.508 e. The molecule has 1 heterocycles. The lowest BCUT2D eigenvalue weighted by Crippen LogP contribution is -2.33. The summed E-state index contributed by atoms with van der Waals surface area (Å²) in [4.78, 5) is 38.1. The molecule has 0 aromatic heterocycles. The van der Waals surface area contributed by atoms with Crippen LogP contribution >= 0.6 is 0 Å². The first-order chi connectivity index (χ1) is 14.9. The van der Waals surface area contributed by atoms with Crippen molar-refractivity contribution in [3.05, 3.63) is 64.7 Å².